The Morgan fingerprint density at radius 3 is 2.78 bits per heavy atom. The van der Waals surface area contributed by atoms with E-state index >= 15 is 0 Å². The molecule has 0 unspecified atom stereocenters. The topological polar surface area (TPSA) is 97.3 Å². The van der Waals surface area contributed by atoms with Gasteiger partial charge in [0.1, 0.15) is 10.7 Å². The summed E-state index contributed by atoms with van der Waals surface area (Å²) in [4.78, 5) is 16.0. The molecule has 2 aromatic rings. The first-order chi connectivity index (χ1) is 12.8. The van der Waals surface area contributed by atoms with E-state index in [9.17, 15) is 9.90 Å². The summed E-state index contributed by atoms with van der Waals surface area (Å²) in [6, 6.07) is 3.30. The van der Waals surface area contributed by atoms with Crippen LogP contribution in [0.5, 0.6) is 11.5 Å². The van der Waals surface area contributed by atoms with Crippen LogP contribution in [-0.2, 0) is 11.2 Å². The van der Waals surface area contributed by atoms with Gasteiger partial charge in [0.25, 0.3) is 0 Å². The van der Waals surface area contributed by atoms with Crippen molar-refractivity contribution in [3.63, 3.8) is 0 Å². The Morgan fingerprint density at radius 2 is 2.19 bits per heavy atom. The molecule has 0 atom stereocenters. The molecule has 0 fully saturated rings. The number of methoxy groups -OCH3 is 1. The van der Waals surface area contributed by atoms with Crippen molar-refractivity contribution in [3.8, 4) is 11.5 Å². The van der Waals surface area contributed by atoms with Gasteiger partial charge in [-0.3, -0.25) is 5.10 Å². The van der Waals surface area contributed by atoms with Gasteiger partial charge in [0.05, 0.1) is 18.2 Å². The molecule has 0 amide bonds. The normalized spacial score (nSPS) is 11.7. The Hall–Kier alpha value is -2.19. The molecule has 1 heterocycles. The molecule has 0 bridgehead atoms. The minimum absolute atomic E-state index is 0.0627. The van der Waals surface area contributed by atoms with E-state index in [-0.39, 0.29) is 11.0 Å². The second-order valence-corrected chi connectivity index (χ2v) is 7.35. The van der Waals surface area contributed by atoms with Gasteiger partial charge >= 0.3 is 5.97 Å². The number of aromatic amines is 1. The molecule has 2 N–H and O–H groups in total. The first-order valence-electron chi connectivity index (χ1n) is 8.42. The highest BCUT2D eigenvalue weighted by atomic mass is 35.5. The summed E-state index contributed by atoms with van der Waals surface area (Å²) in [6.07, 6.45) is 3.09. The summed E-state index contributed by atoms with van der Waals surface area (Å²) in [5, 5.41) is 17.1. The molecule has 7 nitrogen and oxygen atoms in total. The van der Waals surface area contributed by atoms with Gasteiger partial charge in [-0.2, -0.15) is 0 Å². The van der Waals surface area contributed by atoms with Crippen LogP contribution in [0.3, 0.4) is 0 Å². The maximum absolute atomic E-state index is 11.6. The number of aromatic nitrogens is 3. The van der Waals surface area contributed by atoms with E-state index in [1.54, 1.807) is 12.1 Å². The number of carboxylic acids is 1. The zero-order chi connectivity index (χ0) is 20.0. The fourth-order valence-corrected chi connectivity index (χ4v) is 3.22. The van der Waals surface area contributed by atoms with Crippen LogP contribution in [0, 0.1) is 0 Å². The number of halogens is 1. The molecule has 1 aromatic carbocycles. The Balaban J connectivity index is 2.33. The number of carbonyl (C=O) groups is 1. The van der Waals surface area contributed by atoms with Crippen LogP contribution >= 0.6 is 23.4 Å². The third-order valence-electron chi connectivity index (χ3n) is 3.31. The van der Waals surface area contributed by atoms with E-state index in [2.05, 4.69) is 15.2 Å². The van der Waals surface area contributed by atoms with Crippen LogP contribution in [0.1, 0.15) is 38.6 Å². The van der Waals surface area contributed by atoms with Crippen molar-refractivity contribution >= 4 is 35.4 Å². The molecule has 0 radical (unpaired) electrons. The Labute approximate surface area is 167 Å². The summed E-state index contributed by atoms with van der Waals surface area (Å²) < 4.78 is 11.0. The van der Waals surface area contributed by atoms with E-state index < -0.39 is 5.97 Å². The third-order valence-corrected chi connectivity index (χ3v) is 4.47. The number of thioether (sulfide) groups is 1. The molecular formula is C18H22ClN3O4S. The minimum atomic E-state index is -1.08. The molecule has 1 aromatic heterocycles. The molecule has 0 saturated heterocycles. The lowest BCUT2D eigenvalue weighted by Crippen LogP contribution is -2.07. The average molecular weight is 412 g/mol. The second-order valence-electron chi connectivity index (χ2n) is 5.93. The standard InChI is InChI=1S/C18H22ClN3O4S/c1-5-6-15-20-18(22-21-15)27-14(17(23)24)9-11-7-12(19)16(26-10(2)3)13(8-11)25-4/h7-10H,5-6H2,1-4H3,(H,23,24)(H,20,21,22)/b14-9-. The van der Waals surface area contributed by atoms with E-state index in [0.717, 1.165) is 30.4 Å². The van der Waals surface area contributed by atoms with Crippen LogP contribution in [0.2, 0.25) is 5.02 Å². The largest absolute Gasteiger partial charge is 0.493 e. The molecule has 9 heteroatoms. The van der Waals surface area contributed by atoms with Gasteiger partial charge < -0.3 is 14.6 Å². The fourth-order valence-electron chi connectivity index (χ4n) is 2.23. The van der Waals surface area contributed by atoms with Crippen LogP contribution in [0.15, 0.2) is 22.2 Å². The molecule has 27 heavy (non-hydrogen) atoms. The SMILES string of the molecule is CCCc1nc(S/C(=C\c2cc(Cl)c(OC(C)C)c(OC)c2)C(=O)O)n[nH]1. The Morgan fingerprint density at radius 1 is 1.44 bits per heavy atom. The van der Waals surface area contributed by atoms with E-state index in [1.165, 1.54) is 13.2 Å². The van der Waals surface area contributed by atoms with E-state index in [1.807, 2.05) is 20.8 Å². The average Bonchev–Trinajstić information content (AvgIpc) is 3.03. The molecule has 0 aliphatic rings. The van der Waals surface area contributed by atoms with Crippen LogP contribution < -0.4 is 9.47 Å². The molecule has 0 saturated carbocycles. The number of aryl methyl sites for hydroxylation is 1. The highest BCUT2D eigenvalue weighted by Gasteiger charge is 2.17. The molecule has 2 rings (SSSR count). The summed E-state index contributed by atoms with van der Waals surface area (Å²) in [5.74, 6) is 0.499. The van der Waals surface area contributed by atoms with Crippen molar-refractivity contribution in [2.75, 3.05) is 7.11 Å². The third kappa shape index (κ3) is 5.90. The fraction of sp³-hybridized carbons (Fsp3) is 0.389. The molecular weight excluding hydrogens is 390 g/mol. The lowest BCUT2D eigenvalue weighted by molar-refractivity contribution is -0.131. The number of ether oxygens (including phenoxy) is 2. The maximum atomic E-state index is 11.6. The van der Waals surface area contributed by atoms with Gasteiger partial charge in [0.15, 0.2) is 11.5 Å². The van der Waals surface area contributed by atoms with Crippen LogP contribution in [-0.4, -0.2) is 39.5 Å². The van der Waals surface area contributed by atoms with Crippen molar-refractivity contribution < 1.29 is 19.4 Å². The molecule has 0 aliphatic heterocycles. The number of nitrogens with one attached hydrogen (secondary N) is 1. The molecule has 0 aliphatic carbocycles. The van der Waals surface area contributed by atoms with Gasteiger partial charge in [-0.1, -0.05) is 18.5 Å². The van der Waals surface area contributed by atoms with Crippen molar-refractivity contribution in [1.82, 2.24) is 15.2 Å². The first-order valence-corrected chi connectivity index (χ1v) is 9.61. The predicted molar refractivity (Wildman–Crippen MR) is 106 cm³/mol. The van der Waals surface area contributed by atoms with E-state index in [4.69, 9.17) is 21.1 Å². The monoisotopic (exact) mass is 411 g/mol. The quantitative estimate of drug-likeness (QED) is 0.465. The number of rotatable bonds is 9. The van der Waals surface area contributed by atoms with Crippen molar-refractivity contribution in [1.29, 1.82) is 0 Å². The number of hydrogen-bond donors (Lipinski definition) is 2. The summed E-state index contributed by atoms with van der Waals surface area (Å²) in [6.45, 7) is 5.79. The molecule has 0 spiro atoms. The smallest absolute Gasteiger partial charge is 0.342 e. The van der Waals surface area contributed by atoms with Gasteiger partial charge in [-0.25, -0.2) is 9.78 Å². The van der Waals surface area contributed by atoms with Gasteiger partial charge in [0, 0.05) is 6.42 Å². The second kappa shape index (κ2) is 9.66. The molecule has 146 valence electrons. The summed E-state index contributed by atoms with van der Waals surface area (Å²) in [5.41, 5.74) is 0.571. The van der Waals surface area contributed by atoms with Gasteiger partial charge in [0.2, 0.25) is 5.16 Å². The van der Waals surface area contributed by atoms with Crippen molar-refractivity contribution in [3.05, 3.63) is 33.4 Å². The minimum Gasteiger partial charge on any atom is -0.493 e. The number of aliphatic carboxylic acids is 1. The van der Waals surface area contributed by atoms with Crippen molar-refractivity contribution in [2.24, 2.45) is 0 Å². The lowest BCUT2D eigenvalue weighted by atomic mass is 10.2. The van der Waals surface area contributed by atoms with E-state index in [0.29, 0.717) is 27.2 Å². The first kappa shape index (κ1) is 21.1. The number of hydrogen-bond acceptors (Lipinski definition) is 6. The Bertz CT molecular complexity index is 836. The van der Waals surface area contributed by atoms with Gasteiger partial charge in [-0.15, -0.1) is 5.10 Å². The highest BCUT2D eigenvalue weighted by molar-refractivity contribution is 8.04. The zero-order valence-electron chi connectivity index (χ0n) is 15.6. The van der Waals surface area contributed by atoms with Crippen molar-refractivity contribution in [2.45, 2.75) is 44.9 Å². The number of nitrogens with zero attached hydrogens (tertiary/aromatic N) is 2. The number of carboxylic acid groups (broad SMARTS) is 1. The highest BCUT2D eigenvalue weighted by Crippen LogP contribution is 2.38. The summed E-state index contributed by atoms with van der Waals surface area (Å²) >= 11 is 7.27. The lowest BCUT2D eigenvalue weighted by Gasteiger charge is -2.15. The van der Waals surface area contributed by atoms with Crippen LogP contribution in [0.25, 0.3) is 6.08 Å². The summed E-state index contributed by atoms with van der Waals surface area (Å²) in [7, 11) is 1.50. The zero-order valence-corrected chi connectivity index (χ0v) is 17.1. The van der Waals surface area contributed by atoms with Crippen LogP contribution in [0.4, 0.5) is 0 Å². The Kier molecular flexibility index (Phi) is 7.55. The van der Waals surface area contributed by atoms with Gasteiger partial charge in [-0.05, 0) is 55.8 Å². The number of H-pyrrole nitrogens is 1. The number of benzene rings is 1. The predicted octanol–water partition coefficient (Wildman–Crippen LogP) is 4.42. The maximum Gasteiger partial charge on any atom is 0.342 e.